The first-order valence-corrected chi connectivity index (χ1v) is 12.0. The number of allylic oxidation sites excluding steroid dienone is 2. The standard InChI is InChI=1S/C25H40O3.CH4O/c1-17-20-9-10-23(28)25(20,4)14-12-21(17)24(3)13-11-19(8-6-5-7-15-26)16-22(24)18(2)27;1-2/h6,8,15,17-22,27H,5,7,9-14,16H2,1-4H3;2H,1H3/t17?,18?,19?,20?,21?,22?,24-,25?;/m1./s1. The van der Waals surface area contributed by atoms with Crippen LogP contribution in [0.2, 0.25) is 0 Å². The van der Waals surface area contributed by atoms with E-state index in [-0.39, 0.29) is 16.9 Å². The minimum absolute atomic E-state index is 0.0921. The van der Waals surface area contributed by atoms with Crippen LogP contribution >= 0.6 is 0 Å². The summed E-state index contributed by atoms with van der Waals surface area (Å²) < 4.78 is 0. The molecule has 0 radical (unpaired) electrons. The van der Waals surface area contributed by atoms with Crippen LogP contribution in [0, 0.1) is 40.4 Å². The van der Waals surface area contributed by atoms with Crippen molar-refractivity contribution in [3.8, 4) is 0 Å². The second-order valence-electron chi connectivity index (χ2n) is 10.5. The van der Waals surface area contributed by atoms with E-state index in [1.54, 1.807) is 0 Å². The van der Waals surface area contributed by atoms with Crippen LogP contribution in [0.4, 0.5) is 0 Å². The molecular formula is C26H44O4. The number of hydrogen-bond acceptors (Lipinski definition) is 4. The lowest BCUT2D eigenvalue weighted by Crippen LogP contribution is -2.51. The van der Waals surface area contributed by atoms with Gasteiger partial charge in [0.1, 0.15) is 12.1 Å². The lowest BCUT2D eigenvalue weighted by Gasteiger charge is -2.56. The highest BCUT2D eigenvalue weighted by Gasteiger charge is 2.57. The van der Waals surface area contributed by atoms with Crippen LogP contribution in [0.5, 0.6) is 0 Å². The fourth-order valence-corrected chi connectivity index (χ4v) is 7.43. The van der Waals surface area contributed by atoms with E-state index >= 15 is 0 Å². The molecule has 2 N–H and O–H groups in total. The van der Waals surface area contributed by atoms with Gasteiger partial charge in [-0.05, 0) is 86.9 Å². The van der Waals surface area contributed by atoms with Crippen LogP contribution in [0.15, 0.2) is 12.2 Å². The Bertz CT molecular complexity index is 612. The highest BCUT2D eigenvalue weighted by atomic mass is 16.3. The number of rotatable bonds is 6. The average molecular weight is 421 g/mol. The van der Waals surface area contributed by atoms with Gasteiger partial charge < -0.3 is 15.0 Å². The number of aliphatic hydroxyl groups excluding tert-OH is 2. The third-order valence-corrected chi connectivity index (χ3v) is 9.13. The number of fused-ring (bicyclic) bond motifs is 1. The van der Waals surface area contributed by atoms with Gasteiger partial charge >= 0.3 is 0 Å². The van der Waals surface area contributed by atoms with Crippen molar-refractivity contribution in [1.29, 1.82) is 0 Å². The Morgan fingerprint density at radius 1 is 1.10 bits per heavy atom. The van der Waals surface area contributed by atoms with Crippen LogP contribution < -0.4 is 0 Å². The van der Waals surface area contributed by atoms with Gasteiger partial charge in [-0.3, -0.25) is 4.79 Å². The van der Waals surface area contributed by atoms with Gasteiger partial charge in [-0.25, -0.2) is 0 Å². The number of carbonyl (C=O) groups excluding carboxylic acids is 2. The van der Waals surface area contributed by atoms with E-state index in [0.717, 1.165) is 58.3 Å². The first-order chi connectivity index (χ1) is 14.2. The Hall–Kier alpha value is -1.00. The van der Waals surface area contributed by atoms with Crippen molar-refractivity contribution in [2.45, 2.75) is 91.6 Å². The smallest absolute Gasteiger partial charge is 0.139 e. The summed E-state index contributed by atoms with van der Waals surface area (Å²) in [7, 11) is 1.00. The second kappa shape index (κ2) is 10.5. The molecule has 7 unspecified atom stereocenters. The average Bonchev–Trinajstić information content (AvgIpc) is 3.03. The molecule has 0 aromatic carbocycles. The number of carbonyl (C=O) groups is 2. The van der Waals surface area contributed by atoms with E-state index in [0.29, 0.717) is 41.8 Å². The van der Waals surface area contributed by atoms with Crippen LogP contribution in [0.1, 0.15) is 85.5 Å². The maximum atomic E-state index is 12.5. The topological polar surface area (TPSA) is 74.6 Å². The third kappa shape index (κ3) is 4.75. The van der Waals surface area contributed by atoms with Gasteiger partial charge in [0.15, 0.2) is 0 Å². The molecule has 0 heterocycles. The van der Waals surface area contributed by atoms with Crippen molar-refractivity contribution < 1.29 is 19.8 Å². The van der Waals surface area contributed by atoms with E-state index in [2.05, 4.69) is 32.9 Å². The Morgan fingerprint density at radius 2 is 1.80 bits per heavy atom. The van der Waals surface area contributed by atoms with Crippen molar-refractivity contribution in [2.75, 3.05) is 7.11 Å². The van der Waals surface area contributed by atoms with Crippen LogP contribution in [0.3, 0.4) is 0 Å². The predicted octanol–water partition coefficient (Wildman–Crippen LogP) is 4.97. The third-order valence-electron chi connectivity index (χ3n) is 9.13. The first kappa shape index (κ1) is 25.3. The molecule has 3 rings (SSSR count). The van der Waals surface area contributed by atoms with Crippen molar-refractivity contribution >= 4 is 12.1 Å². The molecule has 0 aromatic rings. The second-order valence-corrected chi connectivity index (χ2v) is 10.5. The van der Waals surface area contributed by atoms with Crippen LogP contribution in [-0.4, -0.2) is 35.5 Å². The molecule has 3 aliphatic carbocycles. The van der Waals surface area contributed by atoms with Gasteiger partial charge in [-0.1, -0.05) is 32.9 Å². The van der Waals surface area contributed by atoms with E-state index in [1.807, 2.05) is 6.92 Å². The van der Waals surface area contributed by atoms with Gasteiger partial charge in [0.05, 0.1) is 6.10 Å². The minimum Gasteiger partial charge on any atom is -0.400 e. The first-order valence-electron chi connectivity index (χ1n) is 12.0. The normalized spacial score (nSPS) is 42.4. The van der Waals surface area contributed by atoms with Crippen molar-refractivity contribution in [1.82, 2.24) is 0 Å². The SMILES string of the molecule is CC(O)C1CC(C=CCCC=O)CC[C@]1(C)C1CCC2(C)C(=O)CCC2C1C.CO. The van der Waals surface area contributed by atoms with Crippen molar-refractivity contribution in [2.24, 2.45) is 40.4 Å². The molecule has 30 heavy (non-hydrogen) atoms. The zero-order chi connectivity index (χ0) is 22.5. The highest BCUT2D eigenvalue weighted by molar-refractivity contribution is 5.87. The molecule has 172 valence electrons. The van der Waals surface area contributed by atoms with Crippen LogP contribution in [-0.2, 0) is 9.59 Å². The summed E-state index contributed by atoms with van der Waals surface area (Å²) in [6.07, 6.45) is 13.9. The zero-order valence-electron chi connectivity index (χ0n) is 19.8. The molecule has 4 nitrogen and oxygen atoms in total. The molecule has 0 aromatic heterocycles. The van der Waals surface area contributed by atoms with Gasteiger partial charge in [-0.15, -0.1) is 0 Å². The molecule has 3 fully saturated rings. The van der Waals surface area contributed by atoms with Crippen molar-refractivity contribution in [3.63, 3.8) is 0 Å². The summed E-state index contributed by atoms with van der Waals surface area (Å²) in [5.74, 6) is 2.97. The minimum atomic E-state index is -0.304. The lowest BCUT2D eigenvalue weighted by atomic mass is 9.48. The molecule has 0 aliphatic heterocycles. The van der Waals surface area contributed by atoms with Gasteiger partial charge in [0, 0.05) is 25.4 Å². The van der Waals surface area contributed by atoms with Crippen LogP contribution in [0.25, 0.3) is 0 Å². The fraction of sp³-hybridized carbons (Fsp3) is 0.846. The number of aliphatic hydroxyl groups is 2. The predicted molar refractivity (Wildman–Crippen MR) is 121 cm³/mol. The molecule has 0 saturated heterocycles. The van der Waals surface area contributed by atoms with E-state index in [1.165, 1.54) is 6.42 Å². The molecule has 3 saturated carbocycles. The van der Waals surface area contributed by atoms with Gasteiger partial charge in [0.2, 0.25) is 0 Å². The number of Topliss-reactive ketones (excluding diaryl/α,β-unsaturated/α-hetero) is 1. The fourth-order valence-electron chi connectivity index (χ4n) is 7.43. The number of aldehydes is 1. The molecule has 0 spiro atoms. The zero-order valence-corrected chi connectivity index (χ0v) is 19.8. The van der Waals surface area contributed by atoms with Gasteiger partial charge in [0.25, 0.3) is 0 Å². The summed E-state index contributed by atoms with van der Waals surface area (Å²) in [6.45, 7) is 9.01. The Kier molecular flexibility index (Phi) is 8.88. The summed E-state index contributed by atoms with van der Waals surface area (Å²) in [5.41, 5.74) is 0.0544. The Balaban J connectivity index is 0.00000155. The number of hydrogen-bond donors (Lipinski definition) is 2. The molecule has 0 bridgehead atoms. The van der Waals surface area contributed by atoms with E-state index in [9.17, 15) is 14.7 Å². The largest absolute Gasteiger partial charge is 0.400 e. The van der Waals surface area contributed by atoms with E-state index in [4.69, 9.17) is 5.11 Å². The summed E-state index contributed by atoms with van der Waals surface area (Å²) in [6, 6.07) is 0. The maximum absolute atomic E-state index is 12.5. The molecule has 8 atom stereocenters. The molecule has 4 heteroatoms. The molecule has 3 aliphatic rings. The van der Waals surface area contributed by atoms with Gasteiger partial charge in [-0.2, -0.15) is 0 Å². The Morgan fingerprint density at radius 3 is 2.43 bits per heavy atom. The monoisotopic (exact) mass is 420 g/mol. The Labute approximate surface area is 183 Å². The highest BCUT2D eigenvalue weighted by Crippen LogP contribution is 2.62. The lowest BCUT2D eigenvalue weighted by molar-refractivity contribution is -0.135. The van der Waals surface area contributed by atoms with E-state index < -0.39 is 0 Å². The maximum Gasteiger partial charge on any atom is 0.139 e. The number of unbranched alkanes of at least 4 members (excludes halogenated alkanes) is 1. The summed E-state index contributed by atoms with van der Waals surface area (Å²) in [4.78, 5) is 23.1. The summed E-state index contributed by atoms with van der Waals surface area (Å²) >= 11 is 0. The molecule has 0 amide bonds. The van der Waals surface area contributed by atoms with Crippen molar-refractivity contribution in [3.05, 3.63) is 12.2 Å². The molecular weight excluding hydrogens is 376 g/mol. The summed E-state index contributed by atoms with van der Waals surface area (Å²) in [5, 5.41) is 17.7. The number of ketones is 1. The quantitative estimate of drug-likeness (QED) is 0.362.